The average molecular weight is 380 g/mol. The van der Waals surface area contributed by atoms with Gasteiger partial charge in [-0.05, 0) is 11.1 Å². The molecule has 0 aliphatic rings. The van der Waals surface area contributed by atoms with Crippen LogP contribution in [0.2, 0.25) is 0 Å². The fourth-order valence-electron chi connectivity index (χ4n) is 3.05. The summed E-state index contributed by atoms with van der Waals surface area (Å²) in [7, 11) is 0. The molecule has 6 nitrogen and oxygen atoms in total. The van der Waals surface area contributed by atoms with E-state index < -0.39 is 12.0 Å². The number of halogens is 3. The lowest BCUT2D eigenvalue weighted by molar-refractivity contribution is -0.146. The van der Waals surface area contributed by atoms with Gasteiger partial charge in [-0.1, -0.05) is 54.6 Å². The number of imidazole rings is 1. The molecule has 3 heterocycles. The zero-order valence-corrected chi connectivity index (χ0v) is 14.1. The first-order valence-corrected chi connectivity index (χ1v) is 8.33. The molecule has 9 heteroatoms. The second kappa shape index (κ2) is 5.88. The van der Waals surface area contributed by atoms with Gasteiger partial charge in [-0.25, -0.2) is 15.0 Å². The molecule has 0 radical (unpaired) electrons. The minimum atomic E-state index is -4.69. The molecule has 0 fully saturated rings. The zero-order chi connectivity index (χ0) is 19.3. The third-order valence-corrected chi connectivity index (χ3v) is 4.37. The van der Waals surface area contributed by atoms with Crippen molar-refractivity contribution in [2.45, 2.75) is 6.18 Å². The van der Waals surface area contributed by atoms with Crippen LogP contribution in [0.15, 0.2) is 60.9 Å². The molecule has 1 N–H and O–H groups in total. The van der Waals surface area contributed by atoms with Crippen molar-refractivity contribution < 1.29 is 13.2 Å². The lowest BCUT2D eigenvalue weighted by atomic mass is 10.0. The Morgan fingerprint density at radius 2 is 1.50 bits per heavy atom. The summed E-state index contributed by atoms with van der Waals surface area (Å²) >= 11 is 0. The molecule has 3 aromatic heterocycles. The monoisotopic (exact) mass is 380 g/mol. The molecule has 2 aromatic carbocycles. The van der Waals surface area contributed by atoms with E-state index in [-0.39, 0.29) is 17.1 Å². The lowest BCUT2D eigenvalue weighted by Gasteiger charge is -2.06. The molecule has 0 atom stereocenters. The summed E-state index contributed by atoms with van der Waals surface area (Å²) < 4.78 is 41.0. The Morgan fingerprint density at radius 3 is 2.21 bits per heavy atom. The van der Waals surface area contributed by atoms with Crippen LogP contribution in [0, 0.1) is 0 Å². The van der Waals surface area contributed by atoms with Crippen molar-refractivity contribution in [3.63, 3.8) is 0 Å². The minimum Gasteiger partial charge on any atom is -0.340 e. The van der Waals surface area contributed by atoms with E-state index in [0.717, 1.165) is 11.1 Å². The summed E-state index contributed by atoms with van der Waals surface area (Å²) in [4.78, 5) is 14.5. The van der Waals surface area contributed by atoms with Gasteiger partial charge in [0.25, 0.3) is 0 Å². The number of hydrogen-bond donors (Lipinski definition) is 1. The number of nitrogens with zero attached hydrogens (tertiary/aromatic N) is 5. The molecule has 138 valence electrons. The number of hydrogen-bond acceptors (Lipinski definition) is 4. The van der Waals surface area contributed by atoms with Crippen LogP contribution >= 0.6 is 0 Å². The van der Waals surface area contributed by atoms with Crippen molar-refractivity contribution in [2.24, 2.45) is 0 Å². The van der Waals surface area contributed by atoms with E-state index in [1.807, 2.05) is 42.5 Å². The number of fused-ring (bicyclic) bond motifs is 3. The van der Waals surface area contributed by atoms with E-state index in [2.05, 4.69) is 25.0 Å². The largest absolute Gasteiger partial charge is 0.451 e. The number of rotatable bonds is 2. The molecular formula is C19H11F3N6. The lowest BCUT2D eigenvalue weighted by Crippen LogP contribution is -2.15. The first kappa shape index (κ1) is 16.4. The Morgan fingerprint density at radius 1 is 0.821 bits per heavy atom. The predicted octanol–water partition coefficient (Wildman–Crippen LogP) is 4.35. The Kier molecular flexibility index (Phi) is 3.45. The second-order valence-electron chi connectivity index (χ2n) is 6.15. The highest BCUT2D eigenvalue weighted by atomic mass is 19.4. The van der Waals surface area contributed by atoms with Crippen LogP contribution in [0.25, 0.3) is 39.3 Å². The highest BCUT2D eigenvalue weighted by Gasteiger charge is 2.38. The average Bonchev–Trinajstić information content (AvgIpc) is 3.34. The van der Waals surface area contributed by atoms with Crippen LogP contribution < -0.4 is 0 Å². The minimum absolute atomic E-state index is 0.0250. The molecule has 0 saturated carbocycles. The van der Waals surface area contributed by atoms with Crippen LogP contribution in [0.3, 0.4) is 0 Å². The second-order valence-corrected chi connectivity index (χ2v) is 6.15. The number of H-pyrrole nitrogens is 1. The molecule has 0 aliphatic carbocycles. The molecule has 0 unspecified atom stereocenters. The smallest absolute Gasteiger partial charge is 0.340 e. The first-order chi connectivity index (χ1) is 13.5. The Bertz CT molecular complexity index is 1290. The topological polar surface area (TPSA) is 71.8 Å². The van der Waals surface area contributed by atoms with Gasteiger partial charge < -0.3 is 4.98 Å². The standard InChI is InChI=1S/C19H11F3N6/c20-19(21,22)18-26-16-14(23-10-24-16)17-25-15(27-28(17)18)13-8-6-12(7-9-13)11-4-2-1-3-5-11/h1-10H,(H,23,24). The van der Waals surface area contributed by atoms with Crippen LogP contribution in [-0.4, -0.2) is 29.5 Å². The van der Waals surface area contributed by atoms with Crippen LogP contribution in [-0.2, 0) is 6.18 Å². The van der Waals surface area contributed by atoms with E-state index in [0.29, 0.717) is 15.6 Å². The molecule has 5 rings (SSSR count). The molecule has 28 heavy (non-hydrogen) atoms. The fourth-order valence-corrected chi connectivity index (χ4v) is 3.05. The van der Waals surface area contributed by atoms with Crippen molar-refractivity contribution in [2.75, 3.05) is 0 Å². The highest BCUT2D eigenvalue weighted by molar-refractivity contribution is 5.85. The molecule has 0 amide bonds. The van der Waals surface area contributed by atoms with Crippen molar-refractivity contribution in [3.05, 3.63) is 66.7 Å². The molecule has 0 bridgehead atoms. The van der Waals surface area contributed by atoms with Crippen LogP contribution in [0.4, 0.5) is 13.2 Å². The van der Waals surface area contributed by atoms with Gasteiger partial charge in [0.05, 0.1) is 6.33 Å². The van der Waals surface area contributed by atoms with E-state index in [1.54, 1.807) is 12.1 Å². The van der Waals surface area contributed by atoms with E-state index >= 15 is 0 Å². The van der Waals surface area contributed by atoms with Crippen molar-refractivity contribution >= 4 is 16.8 Å². The Hall–Kier alpha value is -3.75. The number of aromatic amines is 1. The number of nitrogens with one attached hydrogen (secondary N) is 1. The molecule has 0 spiro atoms. The van der Waals surface area contributed by atoms with Gasteiger partial charge in [-0.3, -0.25) is 0 Å². The third-order valence-electron chi connectivity index (χ3n) is 4.37. The number of benzene rings is 2. The molecule has 5 aromatic rings. The summed E-state index contributed by atoms with van der Waals surface area (Å²) in [5.74, 6) is -0.990. The summed E-state index contributed by atoms with van der Waals surface area (Å²) in [5.41, 5.74) is 2.90. The number of aromatic nitrogens is 6. The van der Waals surface area contributed by atoms with E-state index in [4.69, 9.17) is 0 Å². The maximum Gasteiger partial charge on any atom is 0.451 e. The molecular weight excluding hydrogens is 369 g/mol. The van der Waals surface area contributed by atoms with Crippen LogP contribution in [0.5, 0.6) is 0 Å². The maximum atomic E-state index is 13.4. The quantitative estimate of drug-likeness (QED) is 0.494. The van der Waals surface area contributed by atoms with Gasteiger partial charge in [0.1, 0.15) is 5.52 Å². The van der Waals surface area contributed by atoms with Crippen molar-refractivity contribution in [1.29, 1.82) is 0 Å². The van der Waals surface area contributed by atoms with Gasteiger partial charge >= 0.3 is 6.18 Å². The van der Waals surface area contributed by atoms with Gasteiger partial charge in [-0.15, -0.1) is 5.10 Å². The van der Waals surface area contributed by atoms with E-state index in [9.17, 15) is 13.2 Å². The number of alkyl halides is 3. The van der Waals surface area contributed by atoms with Crippen molar-refractivity contribution in [3.8, 4) is 22.5 Å². The summed E-state index contributed by atoms with van der Waals surface area (Å²) in [6, 6.07) is 17.1. The summed E-state index contributed by atoms with van der Waals surface area (Å²) in [6.07, 6.45) is -3.41. The van der Waals surface area contributed by atoms with E-state index in [1.165, 1.54) is 6.33 Å². The maximum absolute atomic E-state index is 13.4. The Balaban J connectivity index is 1.66. The van der Waals surface area contributed by atoms with Crippen molar-refractivity contribution in [1.82, 2.24) is 29.5 Å². The molecule has 0 aliphatic heterocycles. The highest BCUT2D eigenvalue weighted by Crippen LogP contribution is 2.31. The van der Waals surface area contributed by atoms with Gasteiger partial charge in [0.2, 0.25) is 5.82 Å². The predicted molar refractivity (Wildman–Crippen MR) is 96.3 cm³/mol. The fraction of sp³-hybridized carbons (Fsp3) is 0.0526. The molecule has 0 saturated heterocycles. The van der Waals surface area contributed by atoms with Gasteiger partial charge in [0.15, 0.2) is 17.1 Å². The van der Waals surface area contributed by atoms with Gasteiger partial charge in [-0.2, -0.15) is 17.7 Å². The SMILES string of the molecule is FC(F)(F)c1nc2nc[nH]c2c2nc(-c3ccc(-c4ccccc4)cc3)nn12. The Labute approximate surface area is 155 Å². The normalized spacial score (nSPS) is 12.1. The van der Waals surface area contributed by atoms with Crippen LogP contribution in [0.1, 0.15) is 5.82 Å². The third kappa shape index (κ3) is 2.59. The van der Waals surface area contributed by atoms with Gasteiger partial charge in [0, 0.05) is 5.56 Å². The summed E-state index contributed by atoms with van der Waals surface area (Å²) in [6.45, 7) is 0. The summed E-state index contributed by atoms with van der Waals surface area (Å²) in [5, 5.41) is 4.06. The first-order valence-electron chi connectivity index (χ1n) is 8.33. The zero-order valence-electron chi connectivity index (χ0n) is 14.1.